The molecule has 0 atom stereocenters. The zero-order valence-corrected chi connectivity index (χ0v) is 16.6. The number of hydrogen-bond acceptors (Lipinski definition) is 7. The number of aromatic nitrogens is 3. The number of carbonyl (C=O) groups excluding carboxylic acids is 2. The summed E-state index contributed by atoms with van der Waals surface area (Å²) < 4.78 is 18.2. The lowest BCUT2D eigenvalue weighted by Crippen LogP contribution is -2.50. The number of ether oxygens (including phenoxy) is 1. The monoisotopic (exact) mass is 402 g/mol. The van der Waals surface area contributed by atoms with Crippen LogP contribution in [-0.4, -0.2) is 63.6 Å². The van der Waals surface area contributed by atoms with E-state index in [9.17, 15) is 14.0 Å². The number of pyridine rings is 1. The lowest BCUT2D eigenvalue weighted by atomic mass is 10.2. The van der Waals surface area contributed by atoms with Crippen molar-refractivity contribution in [2.45, 2.75) is 26.4 Å². The summed E-state index contributed by atoms with van der Waals surface area (Å²) in [4.78, 5) is 39.9. The van der Waals surface area contributed by atoms with E-state index in [1.54, 1.807) is 4.90 Å². The lowest BCUT2D eigenvalue weighted by Gasteiger charge is -2.35. The van der Waals surface area contributed by atoms with Gasteiger partial charge in [0.15, 0.2) is 0 Å². The number of halogens is 1. The molecule has 1 aliphatic heterocycles. The predicted molar refractivity (Wildman–Crippen MR) is 104 cm³/mol. The van der Waals surface area contributed by atoms with Gasteiger partial charge in [-0.25, -0.2) is 19.7 Å². The van der Waals surface area contributed by atoms with Gasteiger partial charge >= 0.3 is 6.09 Å². The molecule has 9 nitrogen and oxygen atoms in total. The Kier molecular flexibility index (Phi) is 5.90. The topological polar surface area (TPSA) is 101 Å². The van der Waals surface area contributed by atoms with Crippen molar-refractivity contribution >= 4 is 23.6 Å². The van der Waals surface area contributed by atoms with Gasteiger partial charge in [0, 0.05) is 32.4 Å². The number of nitrogens with zero attached hydrogens (tertiary/aromatic N) is 5. The summed E-state index contributed by atoms with van der Waals surface area (Å²) in [6, 6.07) is 2.46. The lowest BCUT2D eigenvalue weighted by molar-refractivity contribution is 0.0240. The molecule has 3 rings (SSSR count). The van der Waals surface area contributed by atoms with E-state index in [0.29, 0.717) is 37.8 Å². The average molecular weight is 402 g/mol. The van der Waals surface area contributed by atoms with Gasteiger partial charge in [-0.3, -0.25) is 4.79 Å². The molecule has 2 amide bonds. The Morgan fingerprint density at radius 3 is 2.24 bits per heavy atom. The van der Waals surface area contributed by atoms with E-state index in [2.05, 4.69) is 20.3 Å². The quantitative estimate of drug-likeness (QED) is 0.787. The summed E-state index contributed by atoms with van der Waals surface area (Å²) in [7, 11) is 0. The fourth-order valence-corrected chi connectivity index (χ4v) is 2.68. The zero-order valence-electron chi connectivity index (χ0n) is 16.6. The van der Waals surface area contributed by atoms with Crippen LogP contribution in [0.2, 0.25) is 0 Å². The molecule has 10 heteroatoms. The Bertz CT molecular complexity index is 859. The van der Waals surface area contributed by atoms with Gasteiger partial charge in [-0.05, 0) is 32.9 Å². The number of carbonyl (C=O) groups is 2. The molecule has 2 aromatic rings. The van der Waals surface area contributed by atoms with Crippen LogP contribution in [0.15, 0.2) is 30.7 Å². The first-order valence-electron chi connectivity index (χ1n) is 9.19. The Morgan fingerprint density at radius 1 is 1.03 bits per heavy atom. The molecule has 0 aromatic carbocycles. The van der Waals surface area contributed by atoms with Gasteiger partial charge < -0.3 is 19.9 Å². The van der Waals surface area contributed by atoms with E-state index in [0.717, 1.165) is 12.3 Å². The van der Waals surface area contributed by atoms with Gasteiger partial charge in [0.1, 0.15) is 5.60 Å². The van der Waals surface area contributed by atoms with Crippen molar-refractivity contribution in [1.82, 2.24) is 19.9 Å². The van der Waals surface area contributed by atoms with Crippen LogP contribution < -0.4 is 10.2 Å². The maximum Gasteiger partial charge on any atom is 0.410 e. The number of amides is 2. The summed E-state index contributed by atoms with van der Waals surface area (Å²) in [6.45, 7) is 7.67. The van der Waals surface area contributed by atoms with Gasteiger partial charge in [-0.1, -0.05) is 0 Å². The second-order valence-electron chi connectivity index (χ2n) is 7.55. The Labute approximate surface area is 167 Å². The molecule has 0 bridgehead atoms. The Morgan fingerprint density at radius 2 is 1.69 bits per heavy atom. The fraction of sp³-hybridized carbons (Fsp3) is 0.421. The van der Waals surface area contributed by atoms with Crippen molar-refractivity contribution in [3.05, 3.63) is 42.2 Å². The molecule has 3 heterocycles. The zero-order chi connectivity index (χ0) is 21.0. The molecule has 0 aliphatic carbocycles. The first kappa shape index (κ1) is 20.4. The molecule has 2 aromatic heterocycles. The standard InChI is InChI=1S/C19H23FN6O3/c1-19(2,3)29-18(28)26-8-6-25(7-9-26)17-22-11-14(12-23-17)24-16(27)13-4-5-15(20)21-10-13/h4-5,10-12H,6-9H2,1-3H3,(H,24,27). The summed E-state index contributed by atoms with van der Waals surface area (Å²) >= 11 is 0. The summed E-state index contributed by atoms with van der Waals surface area (Å²) in [5.41, 5.74) is 0.117. The van der Waals surface area contributed by atoms with Crippen LogP contribution in [0.1, 0.15) is 31.1 Å². The molecule has 1 saturated heterocycles. The average Bonchev–Trinajstić information content (AvgIpc) is 2.68. The van der Waals surface area contributed by atoms with Crippen molar-refractivity contribution in [1.29, 1.82) is 0 Å². The predicted octanol–water partition coefficient (Wildman–Crippen LogP) is 2.32. The SMILES string of the molecule is CC(C)(C)OC(=O)N1CCN(c2ncc(NC(=O)c3ccc(F)nc3)cn2)CC1. The van der Waals surface area contributed by atoms with E-state index in [1.807, 2.05) is 25.7 Å². The van der Waals surface area contributed by atoms with E-state index in [4.69, 9.17) is 4.74 Å². The van der Waals surface area contributed by atoms with Crippen LogP contribution in [0.5, 0.6) is 0 Å². The maximum atomic E-state index is 12.8. The number of nitrogens with one attached hydrogen (secondary N) is 1. The van der Waals surface area contributed by atoms with Crippen LogP contribution >= 0.6 is 0 Å². The molecule has 0 unspecified atom stereocenters. The largest absolute Gasteiger partial charge is 0.444 e. The second kappa shape index (κ2) is 8.38. The molecule has 1 fully saturated rings. The highest BCUT2D eigenvalue weighted by Gasteiger charge is 2.26. The van der Waals surface area contributed by atoms with E-state index in [1.165, 1.54) is 18.5 Å². The molecule has 0 spiro atoms. The van der Waals surface area contributed by atoms with Gasteiger partial charge in [0.05, 0.1) is 23.6 Å². The van der Waals surface area contributed by atoms with Gasteiger partial charge in [0.2, 0.25) is 11.9 Å². The van der Waals surface area contributed by atoms with Crippen LogP contribution in [0.3, 0.4) is 0 Å². The van der Waals surface area contributed by atoms with Crippen molar-refractivity contribution < 1.29 is 18.7 Å². The molecule has 154 valence electrons. The molecular formula is C19H23FN6O3. The Hall–Kier alpha value is -3.30. The van der Waals surface area contributed by atoms with Crippen LogP contribution in [0.25, 0.3) is 0 Å². The highest BCUT2D eigenvalue weighted by atomic mass is 19.1. The molecule has 29 heavy (non-hydrogen) atoms. The smallest absolute Gasteiger partial charge is 0.410 e. The third kappa shape index (κ3) is 5.59. The summed E-state index contributed by atoms with van der Waals surface area (Å²) in [6.07, 6.45) is 3.82. The molecule has 1 aliphatic rings. The highest BCUT2D eigenvalue weighted by molar-refractivity contribution is 6.03. The van der Waals surface area contributed by atoms with E-state index >= 15 is 0 Å². The van der Waals surface area contributed by atoms with Crippen molar-refractivity contribution in [3.63, 3.8) is 0 Å². The van der Waals surface area contributed by atoms with Gasteiger partial charge in [-0.2, -0.15) is 4.39 Å². The van der Waals surface area contributed by atoms with Crippen molar-refractivity contribution in [3.8, 4) is 0 Å². The Balaban J connectivity index is 1.54. The number of piperazine rings is 1. The van der Waals surface area contributed by atoms with Crippen LogP contribution in [0, 0.1) is 5.95 Å². The number of hydrogen-bond donors (Lipinski definition) is 1. The molecule has 0 radical (unpaired) electrons. The van der Waals surface area contributed by atoms with Crippen LogP contribution in [-0.2, 0) is 4.74 Å². The highest BCUT2D eigenvalue weighted by Crippen LogP contribution is 2.16. The van der Waals surface area contributed by atoms with Crippen LogP contribution in [0.4, 0.5) is 20.8 Å². The minimum Gasteiger partial charge on any atom is -0.444 e. The molecule has 1 N–H and O–H groups in total. The molecular weight excluding hydrogens is 379 g/mol. The maximum absolute atomic E-state index is 12.8. The van der Waals surface area contributed by atoms with Crippen molar-refractivity contribution in [2.75, 3.05) is 36.4 Å². The first-order chi connectivity index (χ1) is 13.7. The normalized spacial score (nSPS) is 14.5. The fourth-order valence-electron chi connectivity index (χ4n) is 2.68. The van der Waals surface area contributed by atoms with E-state index < -0.39 is 17.5 Å². The minimum absolute atomic E-state index is 0.230. The third-order valence-electron chi connectivity index (χ3n) is 4.10. The van der Waals surface area contributed by atoms with E-state index in [-0.39, 0.29) is 11.7 Å². The number of rotatable bonds is 3. The number of anilines is 2. The summed E-state index contributed by atoms with van der Waals surface area (Å²) in [5.74, 6) is -0.573. The third-order valence-corrected chi connectivity index (χ3v) is 4.10. The minimum atomic E-state index is -0.652. The first-order valence-corrected chi connectivity index (χ1v) is 9.19. The van der Waals surface area contributed by atoms with Gasteiger partial charge in [-0.15, -0.1) is 0 Å². The van der Waals surface area contributed by atoms with Gasteiger partial charge in [0.25, 0.3) is 5.91 Å². The molecule has 0 saturated carbocycles. The second-order valence-corrected chi connectivity index (χ2v) is 7.55. The van der Waals surface area contributed by atoms with Crippen molar-refractivity contribution in [2.24, 2.45) is 0 Å². The summed E-state index contributed by atoms with van der Waals surface area (Å²) in [5, 5.41) is 2.64.